The fourth-order valence-electron chi connectivity index (χ4n) is 3.98. The number of ether oxygens (including phenoxy) is 1. The highest BCUT2D eigenvalue weighted by atomic mass is 16.5. The lowest BCUT2D eigenvalue weighted by Gasteiger charge is -2.35. The summed E-state index contributed by atoms with van der Waals surface area (Å²) in [7, 11) is 0. The van der Waals surface area contributed by atoms with Crippen LogP contribution in [0.5, 0.6) is 5.75 Å². The van der Waals surface area contributed by atoms with Crippen molar-refractivity contribution >= 4 is 22.2 Å². The zero-order valence-corrected chi connectivity index (χ0v) is 15.6. The van der Waals surface area contributed by atoms with E-state index in [1.807, 2.05) is 42.5 Å². The van der Waals surface area contributed by atoms with E-state index < -0.39 is 12.0 Å². The van der Waals surface area contributed by atoms with Crippen molar-refractivity contribution in [2.75, 3.05) is 6.61 Å². The molecule has 0 amide bonds. The lowest BCUT2D eigenvalue weighted by molar-refractivity contribution is -0.446. The molecular formula is C22H22N3O4+. The molecule has 0 aliphatic carbocycles. The molecule has 6 N–H and O–H groups in total. The SMILES string of the molecule is [NH3+]C1c2c(ccc3ccccc23)OC(C(=N/O)/C(=N/O)c2ccccc2)C1CO. The van der Waals surface area contributed by atoms with Gasteiger partial charge in [0.05, 0.1) is 18.1 Å². The van der Waals surface area contributed by atoms with Gasteiger partial charge in [0.2, 0.25) is 0 Å². The summed E-state index contributed by atoms with van der Waals surface area (Å²) < 4.78 is 6.19. The van der Waals surface area contributed by atoms with Gasteiger partial charge < -0.3 is 26.0 Å². The minimum absolute atomic E-state index is 0.0326. The van der Waals surface area contributed by atoms with E-state index in [9.17, 15) is 15.5 Å². The third kappa shape index (κ3) is 3.20. The van der Waals surface area contributed by atoms with Crippen molar-refractivity contribution in [3.05, 3.63) is 77.9 Å². The van der Waals surface area contributed by atoms with Crippen LogP contribution in [0.3, 0.4) is 0 Å². The lowest BCUT2D eigenvalue weighted by Crippen LogP contribution is -2.63. The third-order valence-corrected chi connectivity index (χ3v) is 5.44. The van der Waals surface area contributed by atoms with Gasteiger partial charge in [0.1, 0.15) is 17.5 Å². The summed E-state index contributed by atoms with van der Waals surface area (Å²) in [5.74, 6) is 0.101. The van der Waals surface area contributed by atoms with Crippen molar-refractivity contribution in [3.63, 3.8) is 0 Å². The Hall–Kier alpha value is -3.42. The Morgan fingerprint density at radius 2 is 1.66 bits per heavy atom. The van der Waals surface area contributed by atoms with Crippen molar-refractivity contribution in [3.8, 4) is 5.75 Å². The molecule has 0 spiro atoms. The molecule has 148 valence electrons. The highest BCUT2D eigenvalue weighted by molar-refractivity contribution is 6.49. The van der Waals surface area contributed by atoms with Gasteiger partial charge in [0.15, 0.2) is 11.8 Å². The molecule has 7 heteroatoms. The van der Waals surface area contributed by atoms with E-state index >= 15 is 0 Å². The Labute approximate surface area is 167 Å². The normalized spacial score (nSPS) is 22.2. The van der Waals surface area contributed by atoms with Crippen LogP contribution in [0, 0.1) is 5.92 Å². The van der Waals surface area contributed by atoms with Crippen molar-refractivity contribution in [1.82, 2.24) is 0 Å². The Kier molecular flexibility index (Phi) is 5.16. The fraction of sp³-hybridized carbons (Fsp3) is 0.182. The molecule has 0 bridgehead atoms. The van der Waals surface area contributed by atoms with Gasteiger partial charge in [0, 0.05) is 5.56 Å². The van der Waals surface area contributed by atoms with E-state index in [0.29, 0.717) is 11.3 Å². The predicted octanol–water partition coefficient (Wildman–Crippen LogP) is 2.20. The van der Waals surface area contributed by atoms with E-state index in [0.717, 1.165) is 16.3 Å². The number of rotatable bonds is 4. The van der Waals surface area contributed by atoms with E-state index in [1.165, 1.54) is 0 Å². The van der Waals surface area contributed by atoms with Gasteiger partial charge in [0.25, 0.3) is 0 Å². The average molecular weight is 392 g/mol. The van der Waals surface area contributed by atoms with Gasteiger partial charge in [-0.25, -0.2) is 0 Å². The smallest absolute Gasteiger partial charge is 0.157 e. The fourth-order valence-corrected chi connectivity index (χ4v) is 3.98. The van der Waals surface area contributed by atoms with E-state index in [4.69, 9.17) is 4.74 Å². The molecule has 29 heavy (non-hydrogen) atoms. The minimum Gasteiger partial charge on any atom is -0.483 e. The number of oxime groups is 2. The molecular weight excluding hydrogens is 370 g/mol. The van der Waals surface area contributed by atoms with Gasteiger partial charge in [-0.3, -0.25) is 0 Å². The van der Waals surface area contributed by atoms with Crippen LogP contribution in [0.15, 0.2) is 77.0 Å². The summed E-state index contributed by atoms with van der Waals surface area (Å²) in [6.45, 7) is -0.242. The number of aliphatic hydroxyl groups excluding tert-OH is 1. The standard InChI is InChI=1S/C22H21N3O4/c23-19-16(12-26)22(21(25-28)20(24-27)14-7-2-1-3-8-14)29-17-11-10-13-6-4-5-9-15(13)18(17)19/h1-11,16,19,22,26-28H,12,23H2/p+1/b24-20+,25-21+. The summed E-state index contributed by atoms with van der Waals surface area (Å²) in [6, 6.07) is 20.3. The molecule has 0 fully saturated rings. The molecule has 3 unspecified atom stereocenters. The number of nitrogens with zero attached hydrogens (tertiary/aromatic N) is 2. The maximum atomic E-state index is 10.1. The second-order valence-corrected chi connectivity index (χ2v) is 6.99. The second kappa shape index (κ2) is 7.90. The Morgan fingerprint density at radius 1 is 0.931 bits per heavy atom. The number of quaternary nitrogens is 1. The molecule has 3 atom stereocenters. The van der Waals surface area contributed by atoms with Gasteiger partial charge >= 0.3 is 0 Å². The van der Waals surface area contributed by atoms with Crippen LogP contribution in [-0.4, -0.2) is 39.7 Å². The Balaban J connectivity index is 1.81. The topological polar surface area (TPSA) is 122 Å². The van der Waals surface area contributed by atoms with E-state index in [1.54, 1.807) is 24.3 Å². The molecule has 1 aliphatic rings. The first-order chi connectivity index (χ1) is 14.2. The number of hydrogen-bond acceptors (Lipinski definition) is 6. The summed E-state index contributed by atoms with van der Waals surface area (Å²) in [5.41, 5.74) is 5.86. The molecule has 3 aromatic carbocycles. The highest BCUT2D eigenvalue weighted by Crippen LogP contribution is 2.41. The van der Waals surface area contributed by atoms with E-state index in [2.05, 4.69) is 16.0 Å². The van der Waals surface area contributed by atoms with Gasteiger partial charge in [-0.1, -0.05) is 71.0 Å². The van der Waals surface area contributed by atoms with E-state index in [-0.39, 0.29) is 24.1 Å². The second-order valence-electron chi connectivity index (χ2n) is 6.99. The maximum absolute atomic E-state index is 10.1. The summed E-state index contributed by atoms with van der Waals surface area (Å²) >= 11 is 0. The van der Waals surface area contributed by atoms with Crippen molar-refractivity contribution in [2.45, 2.75) is 12.1 Å². The Bertz CT molecular complexity index is 1080. The van der Waals surface area contributed by atoms with Crippen LogP contribution in [0.1, 0.15) is 17.2 Å². The minimum atomic E-state index is -0.840. The molecule has 7 nitrogen and oxygen atoms in total. The lowest BCUT2D eigenvalue weighted by atomic mass is 9.81. The molecule has 1 heterocycles. The van der Waals surface area contributed by atoms with Crippen molar-refractivity contribution in [2.24, 2.45) is 16.2 Å². The molecule has 1 aliphatic heterocycles. The maximum Gasteiger partial charge on any atom is 0.157 e. The quantitative estimate of drug-likeness (QED) is 0.309. The number of benzene rings is 3. The predicted molar refractivity (Wildman–Crippen MR) is 109 cm³/mol. The number of hydrogen-bond donors (Lipinski definition) is 4. The van der Waals surface area contributed by atoms with Crippen molar-refractivity contribution in [1.29, 1.82) is 0 Å². The van der Waals surface area contributed by atoms with Crippen LogP contribution in [0.2, 0.25) is 0 Å². The van der Waals surface area contributed by atoms with Crippen molar-refractivity contribution < 1.29 is 26.0 Å². The molecule has 0 saturated heterocycles. The van der Waals surface area contributed by atoms with Gasteiger partial charge in [-0.15, -0.1) is 0 Å². The molecule has 0 aromatic heterocycles. The molecule has 4 rings (SSSR count). The first kappa shape index (κ1) is 18.9. The Morgan fingerprint density at radius 3 is 2.34 bits per heavy atom. The zero-order valence-electron chi connectivity index (χ0n) is 15.6. The summed E-state index contributed by atoms with van der Waals surface area (Å²) in [6.07, 6.45) is -0.840. The zero-order chi connectivity index (χ0) is 20.4. The van der Waals surface area contributed by atoms with Crippen LogP contribution >= 0.6 is 0 Å². The molecule has 0 saturated carbocycles. The van der Waals surface area contributed by atoms with Gasteiger partial charge in [-0.05, 0) is 16.8 Å². The average Bonchev–Trinajstić information content (AvgIpc) is 2.77. The van der Waals surface area contributed by atoms with Gasteiger partial charge in [-0.2, -0.15) is 0 Å². The monoisotopic (exact) mass is 392 g/mol. The van der Waals surface area contributed by atoms with Crippen LogP contribution in [-0.2, 0) is 0 Å². The molecule has 3 aromatic rings. The summed E-state index contributed by atoms with van der Waals surface area (Å²) in [5, 5.41) is 38.3. The number of aliphatic hydroxyl groups is 1. The largest absolute Gasteiger partial charge is 0.483 e. The first-order valence-corrected chi connectivity index (χ1v) is 9.31. The van der Waals surface area contributed by atoms with Crippen LogP contribution in [0.4, 0.5) is 0 Å². The van der Waals surface area contributed by atoms with Crippen LogP contribution < -0.4 is 10.5 Å². The van der Waals surface area contributed by atoms with Crippen LogP contribution in [0.25, 0.3) is 10.8 Å². The third-order valence-electron chi connectivity index (χ3n) is 5.44. The summed E-state index contributed by atoms with van der Waals surface area (Å²) in [4.78, 5) is 0. The molecule has 0 radical (unpaired) electrons. The first-order valence-electron chi connectivity index (χ1n) is 9.31. The number of fused-ring (bicyclic) bond motifs is 3. The highest BCUT2D eigenvalue weighted by Gasteiger charge is 2.44.